The van der Waals surface area contributed by atoms with Crippen LogP contribution in [0.25, 0.3) is 0 Å². The van der Waals surface area contributed by atoms with Gasteiger partial charge in [-0.1, -0.05) is 18.6 Å². The molecule has 1 aromatic carbocycles. The molecule has 0 spiro atoms. The van der Waals surface area contributed by atoms with Crippen LogP contribution in [0.5, 0.6) is 0 Å². The Labute approximate surface area is 157 Å². The Morgan fingerprint density at radius 3 is 2.78 bits per heavy atom. The Hall–Kier alpha value is -2.25. The highest BCUT2D eigenvalue weighted by Crippen LogP contribution is 2.31. The van der Waals surface area contributed by atoms with Gasteiger partial charge in [0.15, 0.2) is 0 Å². The molecule has 3 amide bonds. The maximum absolute atomic E-state index is 12.7. The van der Waals surface area contributed by atoms with Crippen molar-refractivity contribution in [1.82, 2.24) is 10.2 Å². The van der Waals surface area contributed by atoms with Gasteiger partial charge in [-0.25, -0.2) is 0 Å². The number of amides is 3. The van der Waals surface area contributed by atoms with Crippen LogP contribution in [-0.4, -0.2) is 45.9 Å². The Morgan fingerprint density at radius 2 is 2.00 bits per heavy atom. The van der Waals surface area contributed by atoms with E-state index in [-0.39, 0.29) is 30.2 Å². The number of carbonyl (C=O) groups is 3. The molecule has 144 valence electrons. The van der Waals surface area contributed by atoms with E-state index < -0.39 is 18.1 Å². The van der Waals surface area contributed by atoms with Gasteiger partial charge in [-0.05, 0) is 48.8 Å². The molecule has 1 aliphatic carbocycles. The third-order valence-corrected chi connectivity index (χ3v) is 6.15. The highest BCUT2D eigenvalue weighted by molar-refractivity contribution is 6.05. The van der Waals surface area contributed by atoms with E-state index in [1.54, 1.807) is 4.90 Å². The molecule has 2 fully saturated rings. The lowest BCUT2D eigenvalue weighted by Gasteiger charge is -2.33. The molecule has 3 aliphatic rings. The molecule has 1 saturated carbocycles. The van der Waals surface area contributed by atoms with Gasteiger partial charge < -0.3 is 15.7 Å². The molecule has 1 saturated heterocycles. The van der Waals surface area contributed by atoms with E-state index in [2.05, 4.69) is 5.32 Å². The Bertz CT molecular complexity index is 793. The van der Waals surface area contributed by atoms with Gasteiger partial charge in [0.1, 0.15) is 6.04 Å². The van der Waals surface area contributed by atoms with Gasteiger partial charge in [-0.3, -0.25) is 19.7 Å². The van der Waals surface area contributed by atoms with E-state index in [1.165, 1.54) is 0 Å². The van der Waals surface area contributed by atoms with Crippen LogP contribution in [0.1, 0.15) is 53.6 Å². The second kappa shape index (κ2) is 7.05. The SMILES string of the molecule is N[C@@H]1[C@@H](Cc2ccc3c(c2)CN(C2CCC(=O)NC2=O)C3=O)CCC[C@@H]1O. The van der Waals surface area contributed by atoms with E-state index in [1.807, 2.05) is 18.2 Å². The largest absolute Gasteiger partial charge is 0.392 e. The number of nitrogens with two attached hydrogens (primary N) is 1. The fraction of sp³-hybridized carbons (Fsp3) is 0.550. The molecule has 1 aromatic rings. The predicted octanol–water partition coefficient (Wildman–Crippen LogP) is 0.478. The molecule has 4 rings (SSSR count). The van der Waals surface area contributed by atoms with Gasteiger partial charge in [0, 0.05) is 24.6 Å². The zero-order chi connectivity index (χ0) is 19.1. The van der Waals surface area contributed by atoms with Crippen molar-refractivity contribution >= 4 is 17.7 Å². The van der Waals surface area contributed by atoms with Crippen molar-refractivity contribution in [3.05, 3.63) is 34.9 Å². The monoisotopic (exact) mass is 371 g/mol. The summed E-state index contributed by atoms with van der Waals surface area (Å²) in [5.41, 5.74) is 8.80. The molecule has 7 heteroatoms. The lowest BCUT2D eigenvalue weighted by atomic mass is 9.79. The van der Waals surface area contributed by atoms with Crippen molar-refractivity contribution in [3.63, 3.8) is 0 Å². The van der Waals surface area contributed by atoms with E-state index in [0.29, 0.717) is 18.5 Å². The number of carbonyl (C=O) groups excluding carboxylic acids is 3. The number of nitrogens with zero attached hydrogens (tertiary/aromatic N) is 1. The van der Waals surface area contributed by atoms with Crippen molar-refractivity contribution in [3.8, 4) is 0 Å². The van der Waals surface area contributed by atoms with Crippen molar-refractivity contribution < 1.29 is 19.5 Å². The van der Waals surface area contributed by atoms with E-state index in [4.69, 9.17) is 5.73 Å². The van der Waals surface area contributed by atoms with Crippen LogP contribution in [0.15, 0.2) is 18.2 Å². The summed E-state index contributed by atoms with van der Waals surface area (Å²) in [6, 6.07) is 4.98. The number of aliphatic hydroxyl groups excluding tert-OH is 1. The third-order valence-electron chi connectivity index (χ3n) is 6.15. The Kier molecular flexibility index (Phi) is 4.74. The molecule has 4 atom stereocenters. The van der Waals surface area contributed by atoms with Gasteiger partial charge in [-0.2, -0.15) is 0 Å². The third kappa shape index (κ3) is 3.37. The molecule has 0 radical (unpaired) electrons. The van der Waals surface area contributed by atoms with Gasteiger partial charge in [0.25, 0.3) is 5.91 Å². The summed E-state index contributed by atoms with van der Waals surface area (Å²) in [4.78, 5) is 37.8. The Balaban J connectivity index is 1.49. The summed E-state index contributed by atoms with van der Waals surface area (Å²) >= 11 is 0. The summed E-state index contributed by atoms with van der Waals surface area (Å²) in [5.74, 6) is -0.602. The van der Waals surface area contributed by atoms with Crippen LogP contribution in [0.2, 0.25) is 0 Å². The predicted molar refractivity (Wildman–Crippen MR) is 97.5 cm³/mol. The first kappa shape index (κ1) is 18.1. The van der Waals surface area contributed by atoms with Crippen LogP contribution in [0.4, 0.5) is 0 Å². The van der Waals surface area contributed by atoms with Gasteiger partial charge in [-0.15, -0.1) is 0 Å². The Morgan fingerprint density at radius 1 is 1.19 bits per heavy atom. The van der Waals surface area contributed by atoms with Gasteiger partial charge in [0.05, 0.1) is 6.10 Å². The van der Waals surface area contributed by atoms with Crippen molar-refractivity contribution in [1.29, 1.82) is 0 Å². The molecule has 0 bridgehead atoms. The number of nitrogens with one attached hydrogen (secondary N) is 1. The number of piperidine rings is 1. The second-order valence-electron chi connectivity index (χ2n) is 7.93. The van der Waals surface area contributed by atoms with Crippen LogP contribution < -0.4 is 11.1 Å². The molecule has 7 nitrogen and oxygen atoms in total. The minimum absolute atomic E-state index is 0.157. The van der Waals surface area contributed by atoms with Gasteiger partial charge in [0.2, 0.25) is 11.8 Å². The second-order valence-corrected chi connectivity index (χ2v) is 7.93. The first-order valence-corrected chi connectivity index (χ1v) is 9.64. The smallest absolute Gasteiger partial charge is 0.255 e. The van der Waals surface area contributed by atoms with E-state index >= 15 is 0 Å². The highest BCUT2D eigenvalue weighted by Gasteiger charge is 2.39. The van der Waals surface area contributed by atoms with E-state index in [9.17, 15) is 19.5 Å². The maximum Gasteiger partial charge on any atom is 0.255 e. The number of imide groups is 1. The summed E-state index contributed by atoms with van der Waals surface area (Å²) < 4.78 is 0. The fourth-order valence-corrected chi connectivity index (χ4v) is 4.58. The minimum atomic E-state index is -0.590. The normalized spacial score (nSPS) is 31.0. The molecule has 27 heavy (non-hydrogen) atoms. The average Bonchev–Trinajstić information content (AvgIpc) is 2.95. The molecule has 4 N–H and O–H groups in total. The van der Waals surface area contributed by atoms with Crippen molar-refractivity contribution in [2.75, 3.05) is 0 Å². The van der Waals surface area contributed by atoms with Crippen LogP contribution in [0.3, 0.4) is 0 Å². The molecular formula is C20H25N3O4. The maximum atomic E-state index is 12.7. The number of aliphatic hydroxyl groups is 1. The first-order valence-electron chi connectivity index (χ1n) is 9.64. The lowest BCUT2D eigenvalue weighted by Crippen LogP contribution is -2.52. The van der Waals surface area contributed by atoms with Crippen LogP contribution in [-0.2, 0) is 22.6 Å². The lowest BCUT2D eigenvalue weighted by molar-refractivity contribution is -0.136. The van der Waals surface area contributed by atoms with Crippen LogP contribution >= 0.6 is 0 Å². The number of rotatable bonds is 3. The number of hydrogen-bond acceptors (Lipinski definition) is 5. The summed E-state index contributed by atoms with van der Waals surface area (Å²) in [6.45, 7) is 0.383. The average molecular weight is 371 g/mol. The molecular weight excluding hydrogens is 346 g/mol. The quantitative estimate of drug-likeness (QED) is 0.669. The standard InChI is InChI=1S/C20H25N3O4/c21-18-12(2-1-3-16(18)24)8-11-4-5-14-13(9-11)10-23(20(14)27)15-6-7-17(25)22-19(15)26/h4-5,9,12,15-16,18,24H,1-3,6-8,10,21H2,(H,22,25,26)/t12-,15?,16+,18-/m1/s1. The molecule has 1 unspecified atom stereocenters. The van der Waals surface area contributed by atoms with Gasteiger partial charge >= 0.3 is 0 Å². The molecule has 2 heterocycles. The summed E-state index contributed by atoms with van der Waals surface area (Å²) in [6.07, 6.45) is 3.69. The number of benzene rings is 1. The minimum Gasteiger partial charge on any atom is -0.392 e. The zero-order valence-electron chi connectivity index (χ0n) is 15.2. The number of hydrogen-bond donors (Lipinski definition) is 3. The zero-order valence-corrected chi connectivity index (χ0v) is 15.2. The topological polar surface area (TPSA) is 113 Å². The van der Waals surface area contributed by atoms with Crippen LogP contribution in [0, 0.1) is 5.92 Å². The van der Waals surface area contributed by atoms with Crippen molar-refractivity contribution in [2.45, 2.75) is 63.3 Å². The van der Waals surface area contributed by atoms with Crippen molar-refractivity contribution in [2.24, 2.45) is 11.7 Å². The van der Waals surface area contributed by atoms with E-state index in [0.717, 1.165) is 36.8 Å². The molecule has 2 aliphatic heterocycles. The fourth-order valence-electron chi connectivity index (χ4n) is 4.58. The first-order chi connectivity index (χ1) is 12.9. The summed E-state index contributed by atoms with van der Waals surface area (Å²) in [7, 11) is 0. The highest BCUT2D eigenvalue weighted by atomic mass is 16.3. The molecule has 0 aromatic heterocycles. The number of fused-ring (bicyclic) bond motifs is 1. The summed E-state index contributed by atoms with van der Waals surface area (Å²) in [5, 5.41) is 12.3.